The van der Waals surface area contributed by atoms with E-state index in [0.717, 1.165) is 19.1 Å². The van der Waals surface area contributed by atoms with Crippen molar-refractivity contribution in [1.82, 2.24) is 14.5 Å². The third-order valence-electron chi connectivity index (χ3n) is 4.68. The molecule has 0 N–H and O–H groups in total. The molecule has 2 aromatic heterocycles. The van der Waals surface area contributed by atoms with E-state index in [1.165, 1.54) is 17.1 Å². The van der Waals surface area contributed by atoms with Crippen LogP contribution in [0.5, 0.6) is 5.75 Å². The van der Waals surface area contributed by atoms with Crippen LogP contribution in [0.2, 0.25) is 0 Å². The molecule has 1 aliphatic carbocycles. The number of fused-ring (bicyclic) bond motifs is 1. The lowest BCUT2D eigenvalue weighted by Gasteiger charge is -2.15. The van der Waals surface area contributed by atoms with Crippen LogP contribution in [-0.4, -0.2) is 35.8 Å². The summed E-state index contributed by atoms with van der Waals surface area (Å²) in [5.41, 5.74) is 1.48. The van der Waals surface area contributed by atoms with Crippen molar-refractivity contribution in [2.24, 2.45) is 13.0 Å². The Morgan fingerprint density at radius 1 is 1.26 bits per heavy atom. The van der Waals surface area contributed by atoms with Gasteiger partial charge in [-0.05, 0) is 37.0 Å². The van der Waals surface area contributed by atoms with Crippen molar-refractivity contribution in [3.05, 3.63) is 47.3 Å². The summed E-state index contributed by atoms with van der Waals surface area (Å²) in [6.07, 6.45) is 7.95. The standard InChI is InChI=1S/C19H19N3O4S/c1-22-9-16(18-15(19(22)23)8-20-11-21-18)14-7-13(27(2,24)25)5-6-17(14)26-10-12-3-4-12/h5-9,11-12H,3-4,10H2,1-2H3. The molecule has 0 amide bonds. The lowest BCUT2D eigenvalue weighted by atomic mass is 10.0. The Morgan fingerprint density at radius 3 is 2.74 bits per heavy atom. The zero-order chi connectivity index (χ0) is 19.2. The predicted octanol–water partition coefficient (Wildman–Crippen LogP) is 2.19. The molecular weight excluding hydrogens is 366 g/mol. The van der Waals surface area contributed by atoms with E-state index in [1.807, 2.05) is 0 Å². The molecule has 0 saturated heterocycles. The van der Waals surface area contributed by atoms with Crippen LogP contribution in [0, 0.1) is 5.92 Å². The molecule has 27 heavy (non-hydrogen) atoms. The van der Waals surface area contributed by atoms with Gasteiger partial charge in [0.2, 0.25) is 0 Å². The number of rotatable bonds is 5. The summed E-state index contributed by atoms with van der Waals surface area (Å²) in [4.78, 5) is 20.8. The molecule has 0 spiro atoms. The molecule has 8 heteroatoms. The highest BCUT2D eigenvalue weighted by atomic mass is 32.2. The van der Waals surface area contributed by atoms with E-state index in [4.69, 9.17) is 4.74 Å². The molecular formula is C19H19N3O4S. The maximum atomic E-state index is 12.4. The van der Waals surface area contributed by atoms with Gasteiger partial charge in [-0.15, -0.1) is 0 Å². The van der Waals surface area contributed by atoms with Gasteiger partial charge in [0, 0.05) is 36.8 Å². The van der Waals surface area contributed by atoms with Crippen molar-refractivity contribution in [3.8, 4) is 16.9 Å². The normalized spacial score (nSPS) is 14.4. The number of nitrogens with zero attached hydrogens (tertiary/aromatic N) is 3. The van der Waals surface area contributed by atoms with Crippen LogP contribution < -0.4 is 10.3 Å². The largest absolute Gasteiger partial charge is 0.493 e. The molecule has 7 nitrogen and oxygen atoms in total. The summed E-state index contributed by atoms with van der Waals surface area (Å²) in [5.74, 6) is 1.12. The third kappa shape index (κ3) is 3.44. The Hall–Kier alpha value is -2.74. The van der Waals surface area contributed by atoms with Crippen LogP contribution in [-0.2, 0) is 16.9 Å². The number of hydrogen-bond donors (Lipinski definition) is 0. The Morgan fingerprint density at radius 2 is 2.04 bits per heavy atom. The minimum absolute atomic E-state index is 0.187. The van der Waals surface area contributed by atoms with Gasteiger partial charge in [-0.2, -0.15) is 0 Å². The van der Waals surface area contributed by atoms with Gasteiger partial charge in [-0.3, -0.25) is 4.79 Å². The molecule has 140 valence electrons. The summed E-state index contributed by atoms with van der Waals surface area (Å²) in [6, 6.07) is 4.80. The molecule has 1 fully saturated rings. The number of aromatic nitrogens is 3. The lowest BCUT2D eigenvalue weighted by Crippen LogP contribution is -2.17. The SMILES string of the molecule is Cn1cc(-c2cc(S(C)(=O)=O)ccc2OCC2CC2)c2ncncc2c1=O. The van der Waals surface area contributed by atoms with Crippen LogP contribution in [0.15, 0.2) is 46.6 Å². The highest BCUT2D eigenvalue weighted by Crippen LogP contribution is 2.37. The second-order valence-corrected chi connectivity index (χ2v) is 8.94. The van der Waals surface area contributed by atoms with Crippen LogP contribution in [0.3, 0.4) is 0 Å². The van der Waals surface area contributed by atoms with E-state index in [9.17, 15) is 13.2 Å². The quantitative estimate of drug-likeness (QED) is 0.669. The van der Waals surface area contributed by atoms with E-state index >= 15 is 0 Å². The summed E-state index contributed by atoms with van der Waals surface area (Å²) >= 11 is 0. The third-order valence-corrected chi connectivity index (χ3v) is 5.79. The Kier molecular flexibility index (Phi) is 4.22. The number of benzene rings is 1. The topological polar surface area (TPSA) is 91.2 Å². The second kappa shape index (κ2) is 6.45. The zero-order valence-corrected chi connectivity index (χ0v) is 15.9. The highest BCUT2D eigenvalue weighted by Gasteiger charge is 2.23. The van der Waals surface area contributed by atoms with Crippen LogP contribution in [0.25, 0.3) is 22.0 Å². The number of ether oxygens (including phenoxy) is 1. The number of aryl methyl sites for hydroxylation is 1. The van der Waals surface area contributed by atoms with E-state index in [1.54, 1.807) is 31.4 Å². The van der Waals surface area contributed by atoms with Crippen molar-refractivity contribution in [3.63, 3.8) is 0 Å². The minimum Gasteiger partial charge on any atom is -0.493 e. The molecule has 3 aromatic rings. The molecule has 0 atom stereocenters. The van der Waals surface area contributed by atoms with Crippen molar-refractivity contribution >= 4 is 20.7 Å². The van der Waals surface area contributed by atoms with Crippen LogP contribution in [0.4, 0.5) is 0 Å². The lowest BCUT2D eigenvalue weighted by molar-refractivity contribution is 0.301. The number of pyridine rings is 1. The van der Waals surface area contributed by atoms with Crippen molar-refractivity contribution in [1.29, 1.82) is 0 Å². The van der Waals surface area contributed by atoms with Crippen molar-refractivity contribution < 1.29 is 13.2 Å². The van der Waals surface area contributed by atoms with E-state index in [2.05, 4.69) is 9.97 Å². The molecule has 0 bridgehead atoms. The zero-order valence-electron chi connectivity index (χ0n) is 15.0. The first-order valence-corrected chi connectivity index (χ1v) is 10.5. The Bertz CT molecular complexity index is 1200. The summed E-state index contributed by atoms with van der Waals surface area (Å²) < 4.78 is 31.6. The number of hydrogen-bond acceptors (Lipinski definition) is 6. The molecule has 1 saturated carbocycles. The first kappa shape index (κ1) is 17.7. The van der Waals surface area contributed by atoms with Crippen LogP contribution in [0.1, 0.15) is 12.8 Å². The predicted molar refractivity (Wildman–Crippen MR) is 102 cm³/mol. The summed E-state index contributed by atoms with van der Waals surface area (Å²) in [7, 11) is -1.76. The molecule has 1 aliphatic rings. The molecule has 4 rings (SSSR count). The van der Waals surface area contributed by atoms with Crippen molar-refractivity contribution in [2.75, 3.05) is 12.9 Å². The first-order valence-electron chi connectivity index (χ1n) is 8.61. The molecule has 0 unspecified atom stereocenters. The van der Waals surface area contributed by atoms with Gasteiger partial charge in [0.1, 0.15) is 12.1 Å². The van der Waals surface area contributed by atoms with E-state index in [-0.39, 0.29) is 10.5 Å². The Balaban J connectivity index is 1.97. The van der Waals surface area contributed by atoms with Gasteiger partial charge in [0.25, 0.3) is 5.56 Å². The first-order chi connectivity index (χ1) is 12.8. The van der Waals surface area contributed by atoms with E-state index < -0.39 is 9.84 Å². The molecule has 1 aromatic carbocycles. The summed E-state index contributed by atoms with van der Waals surface area (Å²) in [5, 5.41) is 0.371. The van der Waals surface area contributed by atoms with Gasteiger partial charge in [-0.1, -0.05) is 0 Å². The number of sulfone groups is 1. The van der Waals surface area contributed by atoms with Gasteiger partial charge >= 0.3 is 0 Å². The van der Waals surface area contributed by atoms with Gasteiger partial charge in [0.15, 0.2) is 9.84 Å². The fourth-order valence-corrected chi connectivity index (χ4v) is 3.62. The molecule has 2 heterocycles. The minimum atomic E-state index is -3.40. The maximum Gasteiger partial charge on any atom is 0.261 e. The average Bonchev–Trinajstić information content (AvgIpc) is 3.47. The molecule has 0 aliphatic heterocycles. The van der Waals surface area contributed by atoms with Crippen LogP contribution >= 0.6 is 0 Å². The average molecular weight is 385 g/mol. The summed E-state index contributed by atoms with van der Waals surface area (Å²) in [6.45, 7) is 0.587. The van der Waals surface area contributed by atoms with Crippen molar-refractivity contribution in [2.45, 2.75) is 17.7 Å². The van der Waals surface area contributed by atoms with Gasteiger partial charge < -0.3 is 9.30 Å². The van der Waals surface area contributed by atoms with Gasteiger partial charge in [-0.25, -0.2) is 18.4 Å². The Labute approximate surface area is 156 Å². The fraction of sp³-hybridized carbons (Fsp3) is 0.316. The fourth-order valence-electron chi connectivity index (χ4n) is 2.97. The monoisotopic (exact) mass is 385 g/mol. The smallest absolute Gasteiger partial charge is 0.261 e. The molecule has 0 radical (unpaired) electrons. The van der Waals surface area contributed by atoms with E-state index in [0.29, 0.717) is 40.3 Å². The highest BCUT2D eigenvalue weighted by molar-refractivity contribution is 7.90. The second-order valence-electron chi connectivity index (χ2n) is 6.93. The van der Waals surface area contributed by atoms with Gasteiger partial charge in [0.05, 0.1) is 22.4 Å². The maximum absolute atomic E-state index is 12.4.